The summed E-state index contributed by atoms with van der Waals surface area (Å²) >= 11 is 0. The smallest absolute Gasteiger partial charge is 0.222 e. The van der Waals surface area contributed by atoms with Gasteiger partial charge in [0.05, 0.1) is 0 Å². The molecule has 108 valence electrons. The molecule has 1 N–H and O–H groups in total. The molecule has 1 fully saturated rings. The van der Waals surface area contributed by atoms with Crippen molar-refractivity contribution < 1.29 is 9.59 Å². The first-order valence-corrected chi connectivity index (χ1v) is 7.00. The Hall–Kier alpha value is -2.04. The topological polar surface area (TPSA) is 52.7 Å². The van der Waals surface area contributed by atoms with Crippen LogP contribution >= 0.6 is 0 Å². The van der Waals surface area contributed by atoms with E-state index in [9.17, 15) is 9.59 Å². The first-order chi connectivity index (χ1) is 9.60. The number of carbonyl (C=O) groups is 2. The van der Waals surface area contributed by atoms with Crippen molar-refractivity contribution in [3.8, 4) is 0 Å². The molecule has 1 heterocycles. The highest BCUT2D eigenvalue weighted by molar-refractivity contribution is 5.88. The molecule has 0 unspecified atom stereocenters. The molecule has 0 saturated carbocycles. The average Bonchev–Trinajstić information content (AvgIpc) is 2.47. The zero-order valence-electron chi connectivity index (χ0n) is 12.1. The molecule has 0 atom stereocenters. The fourth-order valence-corrected chi connectivity index (χ4v) is 2.40. The molecule has 1 saturated heterocycles. The first kappa shape index (κ1) is 14.4. The number of amides is 2. The molecule has 0 spiro atoms. The van der Waals surface area contributed by atoms with E-state index in [1.54, 1.807) is 0 Å². The molecular formula is C15H21N3O2. The van der Waals surface area contributed by atoms with E-state index in [0.29, 0.717) is 6.42 Å². The summed E-state index contributed by atoms with van der Waals surface area (Å²) in [6.45, 7) is 6.66. The molecule has 1 aliphatic rings. The van der Waals surface area contributed by atoms with E-state index in [-0.39, 0.29) is 11.8 Å². The number of carbonyl (C=O) groups excluding carboxylic acids is 2. The van der Waals surface area contributed by atoms with Gasteiger partial charge in [-0.25, -0.2) is 0 Å². The Morgan fingerprint density at radius 2 is 1.70 bits per heavy atom. The lowest BCUT2D eigenvalue weighted by molar-refractivity contribution is -0.131. The van der Waals surface area contributed by atoms with Crippen LogP contribution in [0.25, 0.3) is 0 Å². The van der Waals surface area contributed by atoms with Crippen LogP contribution in [0.15, 0.2) is 24.3 Å². The minimum Gasteiger partial charge on any atom is -0.368 e. The van der Waals surface area contributed by atoms with E-state index >= 15 is 0 Å². The number of hydrogen-bond acceptors (Lipinski definition) is 3. The SMILES string of the molecule is CCC(=O)N1CCN(c2ccc(NC(C)=O)cc2)CC1. The standard InChI is InChI=1S/C15H21N3O2/c1-3-15(20)18-10-8-17(9-11-18)14-6-4-13(5-7-14)16-12(2)19/h4-7H,3,8-11H2,1-2H3,(H,16,19). The van der Waals surface area contributed by atoms with Crippen LogP contribution in [0.1, 0.15) is 20.3 Å². The predicted molar refractivity (Wildman–Crippen MR) is 79.8 cm³/mol. The van der Waals surface area contributed by atoms with Crippen LogP contribution in [-0.4, -0.2) is 42.9 Å². The Kier molecular flexibility index (Phi) is 4.61. The second-order valence-electron chi connectivity index (χ2n) is 4.95. The van der Waals surface area contributed by atoms with Crippen LogP contribution in [-0.2, 0) is 9.59 Å². The number of nitrogens with zero attached hydrogens (tertiary/aromatic N) is 2. The van der Waals surface area contributed by atoms with Gasteiger partial charge in [0, 0.05) is 50.9 Å². The van der Waals surface area contributed by atoms with Gasteiger partial charge in [-0.2, -0.15) is 0 Å². The normalized spacial score (nSPS) is 15.1. The van der Waals surface area contributed by atoms with Crippen LogP contribution < -0.4 is 10.2 Å². The highest BCUT2D eigenvalue weighted by Gasteiger charge is 2.19. The van der Waals surface area contributed by atoms with Crippen molar-refractivity contribution in [2.45, 2.75) is 20.3 Å². The summed E-state index contributed by atoms with van der Waals surface area (Å²) in [5.41, 5.74) is 1.93. The van der Waals surface area contributed by atoms with E-state index in [2.05, 4.69) is 10.2 Å². The molecule has 1 aromatic carbocycles. The third-order valence-electron chi connectivity index (χ3n) is 3.49. The fourth-order valence-electron chi connectivity index (χ4n) is 2.40. The second kappa shape index (κ2) is 6.41. The quantitative estimate of drug-likeness (QED) is 0.913. The van der Waals surface area contributed by atoms with Gasteiger partial charge in [0.25, 0.3) is 0 Å². The van der Waals surface area contributed by atoms with Gasteiger partial charge in [-0.1, -0.05) is 6.92 Å². The zero-order chi connectivity index (χ0) is 14.5. The first-order valence-electron chi connectivity index (χ1n) is 7.00. The summed E-state index contributed by atoms with van der Waals surface area (Å²) in [5.74, 6) is 0.162. The van der Waals surface area contributed by atoms with Gasteiger partial charge in [-0.05, 0) is 24.3 Å². The van der Waals surface area contributed by atoms with Crippen LogP contribution in [0, 0.1) is 0 Å². The van der Waals surface area contributed by atoms with Crippen molar-refractivity contribution >= 4 is 23.2 Å². The van der Waals surface area contributed by atoms with Crippen LogP contribution in [0.2, 0.25) is 0 Å². The van der Waals surface area contributed by atoms with E-state index in [4.69, 9.17) is 0 Å². The van der Waals surface area contributed by atoms with Crippen molar-refractivity contribution in [1.29, 1.82) is 0 Å². The second-order valence-corrected chi connectivity index (χ2v) is 4.95. The van der Waals surface area contributed by atoms with E-state index < -0.39 is 0 Å². The van der Waals surface area contributed by atoms with Crippen molar-refractivity contribution in [3.63, 3.8) is 0 Å². The minimum atomic E-state index is -0.0653. The Morgan fingerprint density at radius 3 is 2.20 bits per heavy atom. The number of nitrogens with one attached hydrogen (secondary N) is 1. The largest absolute Gasteiger partial charge is 0.368 e. The zero-order valence-corrected chi connectivity index (χ0v) is 12.1. The number of hydrogen-bond donors (Lipinski definition) is 1. The molecule has 0 aromatic heterocycles. The van der Waals surface area contributed by atoms with Crippen molar-refractivity contribution in [2.24, 2.45) is 0 Å². The molecule has 0 bridgehead atoms. The predicted octanol–water partition coefficient (Wildman–Crippen LogP) is 1.70. The van der Waals surface area contributed by atoms with Crippen LogP contribution in [0.3, 0.4) is 0 Å². The lowest BCUT2D eigenvalue weighted by atomic mass is 10.2. The molecule has 2 amide bonds. The highest BCUT2D eigenvalue weighted by atomic mass is 16.2. The summed E-state index contributed by atoms with van der Waals surface area (Å²) < 4.78 is 0. The van der Waals surface area contributed by atoms with E-state index in [1.165, 1.54) is 6.92 Å². The molecule has 0 aliphatic carbocycles. The molecule has 1 aliphatic heterocycles. The van der Waals surface area contributed by atoms with Gasteiger partial charge in [0.2, 0.25) is 11.8 Å². The van der Waals surface area contributed by atoms with Crippen molar-refractivity contribution in [2.75, 3.05) is 36.4 Å². The molecule has 1 aromatic rings. The molecule has 20 heavy (non-hydrogen) atoms. The molecule has 0 radical (unpaired) electrons. The lowest BCUT2D eigenvalue weighted by Gasteiger charge is -2.36. The molecular weight excluding hydrogens is 254 g/mol. The summed E-state index contributed by atoms with van der Waals surface area (Å²) in [7, 11) is 0. The van der Waals surface area contributed by atoms with Crippen molar-refractivity contribution in [3.05, 3.63) is 24.3 Å². The van der Waals surface area contributed by atoms with Crippen molar-refractivity contribution in [1.82, 2.24) is 4.90 Å². The Bertz CT molecular complexity index is 476. The number of rotatable bonds is 3. The maximum atomic E-state index is 11.6. The van der Waals surface area contributed by atoms with E-state index in [0.717, 1.165) is 37.6 Å². The summed E-state index contributed by atoms with van der Waals surface area (Å²) in [6.07, 6.45) is 0.575. The van der Waals surface area contributed by atoms with Gasteiger partial charge in [0.15, 0.2) is 0 Å². The van der Waals surface area contributed by atoms with Crippen LogP contribution in [0.5, 0.6) is 0 Å². The number of anilines is 2. The Balaban J connectivity index is 1.93. The molecule has 5 heteroatoms. The van der Waals surface area contributed by atoms with Gasteiger partial charge in [0.1, 0.15) is 0 Å². The van der Waals surface area contributed by atoms with Gasteiger partial charge >= 0.3 is 0 Å². The summed E-state index contributed by atoms with van der Waals surface area (Å²) in [6, 6.07) is 7.81. The number of benzene rings is 1. The highest BCUT2D eigenvalue weighted by Crippen LogP contribution is 2.19. The monoisotopic (exact) mass is 275 g/mol. The van der Waals surface area contributed by atoms with Gasteiger partial charge < -0.3 is 15.1 Å². The minimum absolute atomic E-state index is 0.0653. The number of piperazine rings is 1. The fraction of sp³-hybridized carbons (Fsp3) is 0.467. The lowest BCUT2D eigenvalue weighted by Crippen LogP contribution is -2.48. The Labute approximate surface area is 119 Å². The summed E-state index contributed by atoms with van der Waals surface area (Å²) in [4.78, 5) is 26.8. The van der Waals surface area contributed by atoms with Gasteiger partial charge in [-0.15, -0.1) is 0 Å². The summed E-state index contributed by atoms with van der Waals surface area (Å²) in [5, 5.41) is 2.75. The third kappa shape index (κ3) is 3.50. The molecule has 2 rings (SSSR count). The van der Waals surface area contributed by atoms with Gasteiger partial charge in [-0.3, -0.25) is 9.59 Å². The maximum absolute atomic E-state index is 11.6. The average molecular weight is 275 g/mol. The molecule has 5 nitrogen and oxygen atoms in total. The third-order valence-corrected chi connectivity index (χ3v) is 3.49. The van der Waals surface area contributed by atoms with E-state index in [1.807, 2.05) is 36.1 Å². The van der Waals surface area contributed by atoms with Crippen LogP contribution in [0.4, 0.5) is 11.4 Å². The Morgan fingerprint density at radius 1 is 1.10 bits per heavy atom. The maximum Gasteiger partial charge on any atom is 0.222 e.